The van der Waals surface area contributed by atoms with Crippen LogP contribution < -0.4 is 4.90 Å². The van der Waals surface area contributed by atoms with Gasteiger partial charge in [-0.25, -0.2) is 8.78 Å². The van der Waals surface area contributed by atoms with E-state index in [-0.39, 0.29) is 11.3 Å². The maximum absolute atomic E-state index is 13.1. The van der Waals surface area contributed by atoms with Crippen molar-refractivity contribution in [3.8, 4) is 6.07 Å². The predicted molar refractivity (Wildman–Crippen MR) is 45.4 cm³/mol. The smallest absolute Gasteiger partial charge is 0.150 e. The highest BCUT2D eigenvalue weighted by molar-refractivity contribution is 5.51. The van der Waals surface area contributed by atoms with Gasteiger partial charge in [-0.3, -0.25) is 0 Å². The Morgan fingerprint density at radius 3 is 2.00 bits per heavy atom. The zero-order chi connectivity index (χ0) is 10.0. The molecule has 4 heteroatoms. The third-order valence-electron chi connectivity index (χ3n) is 1.59. The van der Waals surface area contributed by atoms with E-state index in [9.17, 15) is 8.78 Å². The third-order valence-corrected chi connectivity index (χ3v) is 1.59. The normalized spacial score (nSPS) is 9.46. The molecule has 0 amide bonds. The van der Waals surface area contributed by atoms with Crippen LogP contribution in [0.15, 0.2) is 12.1 Å². The highest BCUT2D eigenvalue weighted by Crippen LogP contribution is 2.22. The van der Waals surface area contributed by atoms with Gasteiger partial charge in [-0.1, -0.05) is 0 Å². The van der Waals surface area contributed by atoms with Crippen molar-refractivity contribution in [2.75, 3.05) is 19.0 Å². The fraction of sp³-hybridized carbons (Fsp3) is 0.222. The summed E-state index contributed by atoms with van der Waals surface area (Å²) in [6.07, 6.45) is 0. The monoisotopic (exact) mass is 182 g/mol. The van der Waals surface area contributed by atoms with Crippen molar-refractivity contribution in [1.82, 2.24) is 0 Å². The van der Waals surface area contributed by atoms with Gasteiger partial charge in [-0.2, -0.15) is 5.26 Å². The molecular weight excluding hydrogens is 174 g/mol. The van der Waals surface area contributed by atoms with E-state index in [0.717, 1.165) is 12.1 Å². The van der Waals surface area contributed by atoms with Gasteiger partial charge < -0.3 is 4.90 Å². The van der Waals surface area contributed by atoms with Crippen molar-refractivity contribution in [1.29, 1.82) is 5.26 Å². The summed E-state index contributed by atoms with van der Waals surface area (Å²) in [5.74, 6) is -1.44. The Bertz CT molecular complexity index is 343. The second kappa shape index (κ2) is 3.40. The zero-order valence-corrected chi connectivity index (χ0v) is 7.31. The average molecular weight is 182 g/mol. The van der Waals surface area contributed by atoms with Gasteiger partial charge in [0.1, 0.15) is 5.69 Å². The summed E-state index contributed by atoms with van der Waals surface area (Å²) in [5, 5.41) is 8.42. The molecule has 1 aromatic carbocycles. The van der Waals surface area contributed by atoms with Gasteiger partial charge in [-0.05, 0) is 12.1 Å². The van der Waals surface area contributed by atoms with Gasteiger partial charge in [0.15, 0.2) is 11.6 Å². The van der Waals surface area contributed by atoms with Crippen LogP contribution in [0.4, 0.5) is 14.5 Å². The average Bonchev–Trinajstić information content (AvgIpc) is 2.02. The lowest BCUT2D eigenvalue weighted by molar-refractivity contribution is 0.581. The van der Waals surface area contributed by atoms with Crippen molar-refractivity contribution in [3.63, 3.8) is 0 Å². The molecule has 0 atom stereocenters. The second-order valence-corrected chi connectivity index (χ2v) is 2.79. The highest BCUT2D eigenvalue weighted by atomic mass is 19.1. The molecule has 0 fully saturated rings. The molecule has 2 nitrogen and oxygen atoms in total. The standard InChI is InChI=1S/C9H8F2N2/c1-13(2)9-7(10)3-6(5-12)4-8(9)11/h3-4H,1-2H3. The van der Waals surface area contributed by atoms with Gasteiger partial charge in [0, 0.05) is 14.1 Å². The summed E-state index contributed by atoms with van der Waals surface area (Å²) >= 11 is 0. The van der Waals surface area contributed by atoms with Gasteiger partial charge in [0.2, 0.25) is 0 Å². The summed E-state index contributed by atoms with van der Waals surface area (Å²) in [6.45, 7) is 0. The van der Waals surface area contributed by atoms with E-state index >= 15 is 0 Å². The molecule has 0 spiro atoms. The first kappa shape index (κ1) is 9.46. The van der Waals surface area contributed by atoms with Crippen LogP contribution in [0, 0.1) is 23.0 Å². The molecule has 0 saturated carbocycles. The van der Waals surface area contributed by atoms with Crippen LogP contribution in [0.1, 0.15) is 5.56 Å². The van der Waals surface area contributed by atoms with Crippen LogP contribution in [-0.2, 0) is 0 Å². The summed E-state index contributed by atoms with van der Waals surface area (Å²) in [6, 6.07) is 3.70. The lowest BCUT2D eigenvalue weighted by atomic mass is 10.2. The van der Waals surface area contributed by atoms with E-state index in [2.05, 4.69) is 0 Å². The summed E-state index contributed by atoms with van der Waals surface area (Å²) in [4.78, 5) is 1.33. The van der Waals surface area contributed by atoms with Crippen molar-refractivity contribution in [2.45, 2.75) is 0 Å². The molecule has 0 unspecified atom stereocenters. The maximum Gasteiger partial charge on any atom is 0.150 e. The SMILES string of the molecule is CN(C)c1c(F)cc(C#N)cc1F. The largest absolute Gasteiger partial charge is 0.373 e. The minimum absolute atomic E-state index is 0.0133. The lowest BCUT2D eigenvalue weighted by Crippen LogP contribution is -2.13. The Morgan fingerprint density at radius 2 is 1.69 bits per heavy atom. The highest BCUT2D eigenvalue weighted by Gasteiger charge is 2.12. The molecule has 0 bridgehead atoms. The first-order chi connectivity index (χ1) is 6.06. The molecule has 1 rings (SSSR count). The molecule has 13 heavy (non-hydrogen) atoms. The fourth-order valence-corrected chi connectivity index (χ4v) is 1.06. The number of benzene rings is 1. The Hall–Kier alpha value is -1.63. The topological polar surface area (TPSA) is 27.0 Å². The van der Waals surface area contributed by atoms with E-state index in [0.29, 0.717) is 0 Å². The molecular formula is C9H8F2N2. The number of nitrogens with zero attached hydrogens (tertiary/aromatic N) is 2. The number of hydrogen-bond donors (Lipinski definition) is 0. The van der Waals surface area contributed by atoms with Gasteiger partial charge >= 0.3 is 0 Å². The van der Waals surface area contributed by atoms with E-state index in [1.165, 1.54) is 19.0 Å². The molecule has 0 aliphatic carbocycles. The molecule has 0 aromatic heterocycles. The maximum atomic E-state index is 13.1. The quantitative estimate of drug-likeness (QED) is 0.663. The number of halogens is 2. The Kier molecular flexibility index (Phi) is 2.47. The van der Waals surface area contributed by atoms with Crippen molar-refractivity contribution >= 4 is 5.69 Å². The van der Waals surface area contributed by atoms with Crippen LogP contribution in [0.5, 0.6) is 0 Å². The van der Waals surface area contributed by atoms with E-state index in [4.69, 9.17) is 5.26 Å². The third kappa shape index (κ3) is 1.75. The molecule has 0 heterocycles. The molecule has 1 aromatic rings. The number of hydrogen-bond acceptors (Lipinski definition) is 2. The van der Waals surface area contributed by atoms with Crippen LogP contribution >= 0.6 is 0 Å². The Balaban J connectivity index is 3.33. The Morgan fingerprint density at radius 1 is 1.23 bits per heavy atom. The first-order valence-corrected chi connectivity index (χ1v) is 3.62. The molecule has 0 radical (unpaired) electrons. The molecule has 68 valence electrons. The summed E-state index contributed by atoms with van der Waals surface area (Å²) in [7, 11) is 3.07. The predicted octanol–water partition coefficient (Wildman–Crippen LogP) is 1.90. The van der Waals surface area contributed by atoms with Crippen LogP contribution in [-0.4, -0.2) is 14.1 Å². The molecule has 0 saturated heterocycles. The van der Waals surface area contributed by atoms with Crippen LogP contribution in [0.3, 0.4) is 0 Å². The van der Waals surface area contributed by atoms with Crippen LogP contribution in [0.25, 0.3) is 0 Å². The minimum atomic E-state index is -0.721. The van der Waals surface area contributed by atoms with E-state index in [1.807, 2.05) is 0 Å². The summed E-state index contributed by atoms with van der Waals surface area (Å²) < 4.78 is 26.2. The van der Waals surface area contributed by atoms with Gasteiger partial charge in [0.25, 0.3) is 0 Å². The molecule has 0 aliphatic rings. The first-order valence-electron chi connectivity index (χ1n) is 3.62. The zero-order valence-electron chi connectivity index (χ0n) is 7.31. The van der Waals surface area contributed by atoms with Crippen molar-refractivity contribution in [2.24, 2.45) is 0 Å². The fourth-order valence-electron chi connectivity index (χ4n) is 1.06. The van der Waals surface area contributed by atoms with Crippen molar-refractivity contribution < 1.29 is 8.78 Å². The van der Waals surface area contributed by atoms with Gasteiger partial charge in [0.05, 0.1) is 11.6 Å². The van der Waals surface area contributed by atoms with Crippen molar-refractivity contribution in [3.05, 3.63) is 29.3 Å². The van der Waals surface area contributed by atoms with Crippen LogP contribution in [0.2, 0.25) is 0 Å². The van der Waals surface area contributed by atoms with E-state index < -0.39 is 11.6 Å². The minimum Gasteiger partial charge on any atom is -0.373 e. The summed E-state index contributed by atoms with van der Waals surface area (Å²) in [5.41, 5.74) is -0.139. The van der Waals surface area contributed by atoms with Gasteiger partial charge in [-0.15, -0.1) is 0 Å². The Labute approximate surface area is 75.0 Å². The molecule has 0 N–H and O–H groups in total. The molecule has 0 aliphatic heterocycles. The number of nitriles is 1. The number of rotatable bonds is 1. The number of anilines is 1. The lowest BCUT2D eigenvalue weighted by Gasteiger charge is -2.14. The second-order valence-electron chi connectivity index (χ2n) is 2.79. The van der Waals surface area contributed by atoms with E-state index in [1.54, 1.807) is 6.07 Å².